The molecule has 0 aromatic heterocycles. The van der Waals surface area contributed by atoms with Crippen LogP contribution in [0.2, 0.25) is 0 Å². The fourth-order valence-corrected chi connectivity index (χ4v) is 1.86. The molecule has 70 valence electrons. The van der Waals surface area contributed by atoms with Gasteiger partial charge in [0.05, 0.1) is 4.87 Å². The second kappa shape index (κ2) is 3.97. The number of aryl methyl sites for hydroxylation is 1. The van der Waals surface area contributed by atoms with Crippen molar-refractivity contribution in [2.24, 2.45) is 0 Å². The topological polar surface area (TPSA) is 0 Å². The fraction of sp³-hybridized carbons (Fsp3) is 0.333. The Morgan fingerprint density at radius 2 is 2.08 bits per heavy atom. The van der Waals surface area contributed by atoms with Gasteiger partial charge < -0.3 is 0 Å². The molecule has 0 N–H and O–H groups in total. The van der Waals surface area contributed by atoms with Crippen LogP contribution in [-0.2, 0) is 4.87 Å². The van der Waals surface area contributed by atoms with E-state index in [2.05, 4.69) is 25.6 Å². The highest BCUT2D eigenvalue weighted by Gasteiger charge is 2.22. The maximum Gasteiger partial charge on any atom is 0.0703 e. The molecular weight excluding hydrogens is 180 g/mol. The SMILES string of the molecule is C=CCC(C)(Cl)c1ccccc1C. The highest BCUT2D eigenvalue weighted by atomic mass is 35.5. The Bertz CT molecular complexity index is 300. The summed E-state index contributed by atoms with van der Waals surface area (Å²) in [7, 11) is 0. The third-order valence-electron chi connectivity index (χ3n) is 2.23. The number of allylic oxidation sites excluding steroid dienone is 1. The van der Waals surface area contributed by atoms with Crippen molar-refractivity contribution in [2.45, 2.75) is 25.1 Å². The molecule has 0 aliphatic rings. The van der Waals surface area contributed by atoms with Crippen LogP contribution < -0.4 is 0 Å². The van der Waals surface area contributed by atoms with E-state index in [0.717, 1.165) is 6.42 Å². The molecule has 0 heterocycles. The van der Waals surface area contributed by atoms with Gasteiger partial charge in [0, 0.05) is 0 Å². The molecule has 13 heavy (non-hydrogen) atoms. The molecule has 0 saturated carbocycles. The molecule has 0 saturated heterocycles. The molecule has 1 heteroatoms. The summed E-state index contributed by atoms with van der Waals surface area (Å²) in [5.41, 5.74) is 2.43. The van der Waals surface area contributed by atoms with E-state index < -0.39 is 0 Å². The summed E-state index contributed by atoms with van der Waals surface area (Å²) in [5.74, 6) is 0. The molecule has 0 amide bonds. The van der Waals surface area contributed by atoms with Crippen molar-refractivity contribution in [3.05, 3.63) is 48.0 Å². The highest BCUT2D eigenvalue weighted by molar-refractivity contribution is 6.24. The third kappa shape index (κ3) is 2.35. The molecule has 0 spiro atoms. The largest absolute Gasteiger partial charge is 0.114 e. The molecule has 1 aromatic carbocycles. The number of halogens is 1. The average Bonchev–Trinajstić information content (AvgIpc) is 2.04. The summed E-state index contributed by atoms with van der Waals surface area (Å²) in [6.07, 6.45) is 2.65. The number of hydrogen-bond donors (Lipinski definition) is 0. The zero-order chi connectivity index (χ0) is 9.90. The summed E-state index contributed by atoms with van der Waals surface area (Å²) >= 11 is 6.40. The first kappa shape index (κ1) is 10.3. The minimum Gasteiger partial charge on any atom is -0.114 e. The van der Waals surface area contributed by atoms with Crippen LogP contribution >= 0.6 is 11.6 Å². The summed E-state index contributed by atoms with van der Waals surface area (Å²) in [4.78, 5) is -0.312. The van der Waals surface area contributed by atoms with E-state index >= 15 is 0 Å². The number of hydrogen-bond acceptors (Lipinski definition) is 0. The van der Waals surface area contributed by atoms with E-state index in [9.17, 15) is 0 Å². The molecule has 1 rings (SSSR count). The van der Waals surface area contributed by atoms with Gasteiger partial charge in [0.25, 0.3) is 0 Å². The maximum atomic E-state index is 6.40. The Morgan fingerprint density at radius 1 is 1.46 bits per heavy atom. The Kier molecular flexibility index (Phi) is 3.16. The minimum atomic E-state index is -0.312. The molecule has 0 fully saturated rings. The van der Waals surface area contributed by atoms with Crippen LogP contribution in [0.25, 0.3) is 0 Å². The average molecular weight is 195 g/mol. The summed E-state index contributed by atoms with van der Waals surface area (Å²) in [6.45, 7) is 7.83. The Labute approximate surface area is 85.2 Å². The smallest absolute Gasteiger partial charge is 0.0703 e. The van der Waals surface area contributed by atoms with E-state index in [1.54, 1.807) is 0 Å². The molecular formula is C12H15Cl. The maximum absolute atomic E-state index is 6.40. The van der Waals surface area contributed by atoms with Crippen molar-refractivity contribution in [3.8, 4) is 0 Å². The quantitative estimate of drug-likeness (QED) is 0.504. The number of rotatable bonds is 3. The number of alkyl halides is 1. The van der Waals surface area contributed by atoms with Gasteiger partial charge in [-0.1, -0.05) is 30.3 Å². The monoisotopic (exact) mass is 194 g/mol. The van der Waals surface area contributed by atoms with Crippen molar-refractivity contribution in [3.63, 3.8) is 0 Å². The van der Waals surface area contributed by atoms with Gasteiger partial charge in [0.15, 0.2) is 0 Å². The molecule has 0 aliphatic carbocycles. The van der Waals surface area contributed by atoms with E-state index in [1.807, 2.05) is 25.1 Å². The fourth-order valence-electron chi connectivity index (χ4n) is 1.54. The first-order valence-electron chi connectivity index (χ1n) is 4.44. The van der Waals surface area contributed by atoms with E-state index in [1.165, 1.54) is 11.1 Å². The van der Waals surface area contributed by atoms with Crippen LogP contribution in [0.4, 0.5) is 0 Å². The lowest BCUT2D eigenvalue weighted by Gasteiger charge is -2.22. The third-order valence-corrected chi connectivity index (χ3v) is 2.59. The number of benzene rings is 1. The zero-order valence-electron chi connectivity index (χ0n) is 8.18. The minimum absolute atomic E-state index is 0.312. The van der Waals surface area contributed by atoms with Crippen LogP contribution in [0.5, 0.6) is 0 Å². The Balaban J connectivity index is 3.06. The molecule has 0 radical (unpaired) electrons. The highest BCUT2D eigenvalue weighted by Crippen LogP contribution is 2.34. The Hall–Kier alpha value is -0.750. The van der Waals surface area contributed by atoms with Crippen LogP contribution in [0.15, 0.2) is 36.9 Å². The van der Waals surface area contributed by atoms with Gasteiger partial charge in [-0.25, -0.2) is 0 Å². The lowest BCUT2D eigenvalue weighted by Crippen LogP contribution is -2.13. The van der Waals surface area contributed by atoms with Gasteiger partial charge in [-0.15, -0.1) is 18.2 Å². The summed E-state index contributed by atoms with van der Waals surface area (Å²) in [5, 5.41) is 0. The predicted octanol–water partition coefficient (Wildman–Crippen LogP) is 4.03. The summed E-state index contributed by atoms with van der Waals surface area (Å²) < 4.78 is 0. The van der Waals surface area contributed by atoms with E-state index in [4.69, 9.17) is 11.6 Å². The van der Waals surface area contributed by atoms with Crippen LogP contribution in [0.1, 0.15) is 24.5 Å². The van der Waals surface area contributed by atoms with Gasteiger partial charge in [0.2, 0.25) is 0 Å². The molecule has 0 bridgehead atoms. The van der Waals surface area contributed by atoms with Gasteiger partial charge in [-0.2, -0.15) is 0 Å². The summed E-state index contributed by atoms with van der Waals surface area (Å²) in [6, 6.07) is 8.21. The molecule has 1 unspecified atom stereocenters. The zero-order valence-corrected chi connectivity index (χ0v) is 8.93. The standard InChI is InChI=1S/C12H15Cl/c1-4-9-12(3,13)11-8-6-5-7-10(11)2/h4-8H,1,9H2,2-3H3. The van der Waals surface area contributed by atoms with E-state index in [-0.39, 0.29) is 4.87 Å². The normalized spacial score (nSPS) is 15.0. The van der Waals surface area contributed by atoms with Gasteiger partial charge in [0.1, 0.15) is 0 Å². The lowest BCUT2D eigenvalue weighted by atomic mass is 9.93. The van der Waals surface area contributed by atoms with Gasteiger partial charge in [-0.05, 0) is 31.4 Å². The van der Waals surface area contributed by atoms with Crippen LogP contribution in [0, 0.1) is 6.92 Å². The second-order valence-corrected chi connectivity index (χ2v) is 4.34. The molecule has 1 aromatic rings. The van der Waals surface area contributed by atoms with Crippen molar-refractivity contribution in [1.82, 2.24) is 0 Å². The first-order valence-corrected chi connectivity index (χ1v) is 4.81. The lowest BCUT2D eigenvalue weighted by molar-refractivity contribution is 0.686. The molecule has 1 atom stereocenters. The van der Waals surface area contributed by atoms with Crippen LogP contribution in [-0.4, -0.2) is 0 Å². The second-order valence-electron chi connectivity index (χ2n) is 3.51. The van der Waals surface area contributed by atoms with Crippen molar-refractivity contribution in [2.75, 3.05) is 0 Å². The Morgan fingerprint density at radius 3 is 2.62 bits per heavy atom. The van der Waals surface area contributed by atoms with Gasteiger partial charge in [-0.3, -0.25) is 0 Å². The van der Waals surface area contributed by atoms with Crippen molar-refractivity contribution < 1.29 is 0 Å². The van der Waals surface area contributed by atoms with Crippen LogP contribution in [0.3, 0.4) is 0 Å². The van der Waals surface area contributed by atoms with Crippen molar-refractivity contribution >= 4 is 11.6 Å². The molecule has 0 nitrogen and oxygen atoms in total. The predicted molar refractivity (Wildman–Crippen MR) is 59.2 cm³/mol. The first-order chi connectivity index (χ1) is 6.08. The van der Waals surface area contributed by atoms with Gasteiger partial charge >= 0.3 is 0 Å². The molecule has 0 aliphatic heterocycles. The van der Waals surface area contributed by atoms with E-state index in [0.29, 0.717) is 0 Å². The van der Waals surface area contributed by atoms with Crippen molar-refractivity contribution in [1.29, 1.82) is 0 Å².